The number of hydrogen-bond acceptors (Lipinski definition) is 5. The Morgan fingerprint density at radius 3 is 2.43 bits per heavy atom. The van der Waals surface area contributed by atoms with Crippen LogP contribution in [0.3, 0.4) is 0 Å². The van der Waals surface area contributed by atoms with Crippen LogP contribution in [-0.2, 0) is 30.1 Å². The molecule has 0 radical (unpaired) electrons. The van der Waals surface area contributed by atoms with Gasteiger partial charge in [-0.25, -0.2) is 10.3 Å². The molecule has 1 heterocycles. The Hall–Kier alpha value is -1.69. The van der Waals surface area contributed by atoms with Gasteiger partial charge < -0.3 is 4.74 Å². The van der Waals surface area contributed by atoms with Gasteiger partial charge in [0.05, 0.1) is 18.8 Å². The van der Waals surface area contributed by atoms with Gasteiger partial charge in [0.2, 0.25) is 0 Å². The minimum absolute atomic E-state index is 0.105. The van der Waals surface area contributed by atoms with Gasteiger partial charge in [-0.1, -0.05) is 17.7 Å². The summed E-state index contributed by atoms with van der Waals surface area (Å²) >= 11 is 8.45. The minimum atomic E-state index is -0.737. The maximum Gasteiger partial charge on any atom is 0.330 e. The second-order valence-corrected chi connectivity index (χ2v) is 9.33. The highest BCUT2D eigenvalue weighted by Gasteiger charge is 2.23. The van der Waals surface area contributed by atoms with Crippen molar-refractivity contribution in [2.24, 2.45) is 14.1 Å². The van der Waals surface area contributed by atoms with E-state index in [0.29, 0.717) is 10.6 Å². The van der Waals surface area contributed by atoms with Crippen LogP contribution in [0.25, 0.3) is 0 Å². The number of aromatic nitrogens is 2. The predicted molar refractivity (Wildman–Crippen MR) is 123 cm³/mol. The highest BCUT2D eigenvalue weighted by Crippen LogP contribution is 2.22. The van der Waals surface area contributed by atoms with Crippen molar-refractivity contribution in [2.45, 2.75) is 32.8 Å². The molecule has 0 bridgehead atoms. The number of nitrogens with zero attached hydrogens (tertiary/aromatic N) is 2. The maximum atomic E-state index is 12.8. The van der Waals surface area contributed by atoms with Crippen molar-refractivity contribution in [2.75, 3.05) is 13.2 Å². The number of carbonyl (C=O) groups is 1. The van der Waals surface area contributed by atoms with Crippen molar-refractivity contribution in [1.29, 1.82) is 0 Å². The fourth-order valence-electron chi connectivity index (χ4n) is 2.72. The van der Waals surface area contributed by atoms with E-state index in [1.807, 2.05) is 26.8 Å². The molecule has 0 spiro atoms. The van der Waals surface area contributed by atoms with E-state index in [1.54, 1.807) is 12.1 Å². The molecule has 1 amide bonds. The third-order valence-corrected chi connectivity index (χ3v) is 5.29. The summed E-state index contributed by atoms with van der Waals surface area (Å²) in [5.41, 5.74) is 1.46. The summed E-state index contributed by atoms with van der Waals surface area (Å²) in [6, 6.07) is 5.43. The van der Waals surface area contributed by atoms with E-state index in [-0.39, 0.29) is 36.5 Å². The van der Waals surface area contributed by atoms with Crippen LogP contribution in [-0.4, -0.2) is 33.9 Å². The molecule has 0 saturated heterocycles. The van der Waals surface area contributed by atoms with Gasteiger partial charge in [0, 0.05) is 34.8 Å². The molecular weight excluding hydrogens is 525 g/mol. The molecule has 1 aromatic carbocycles. The summed E-state index contributed by atoms with van der Waals surface area (Å²) < 4.78 is 8.62. The van der Waals surface area contributed by atoms with Crippen molar-refractivity contribution >= 4 is 40.1 Å². The first-order valence-corrected chi connectivity index (χ1v) is 10.7. The van der Waals surface area contributed by atoms with Crippen LogP contribution in [0.2, 0.25) is 5.02 Å². The first-order valence-electron chi connectivity index (χ1n) is 9.21. The zero-order valence-corrected chi connectivity index (χ0v) is 20.5. The average Bonchev–Trinajstić information content (AvgIpc) is 2.65. The SMILES string of the molecule is Cn1c(Cc2ccc(I)cc2Cl)c(C(=O)NOCCOC(C)(C)C)c(=O)n(C)c1=O. The van der Waals surface area contributed by atoms with Crippen LogP contribution >= 0.6 is 34.2 Å². The number of benzene rings is 1. The fraction of sp³-hybridized carbons (Fsp3) is 0.450. The molecule has 1 aromatic heterocycles. The Balaban J connectivity index is 2.32. The highest BCUT2D eigenvalue weighted by molar-refractivity contribution is 14.1. The van der Waals surface area contributed by atoms with Crippen LogP contribution < -0.4 is 16.7 Å². The van der Waals surface area contributed by atoms with Crippen LogP contribution in [0.15, 0.2) is 27.8 Å². The summed E-state index contributed by atoms with van der Waals surface area (Å²) in [5, 5.41) is 0.483. The molecule has 0 saturated carbocycles. The van der Waals surface area contributed by atoms with Gasteiger partial charge in [-0.05, 0) is 61.1 Å². The lowest BCUT2D eigenvalue weighted by molar-refractivity contribution is -0.0512. The van der Waals surface area contributed by atoms with Gasteiger partial charge in [0.25, 0.3) is 11.5 Å². The van der Waals surface area contributed by atoms with E-state index in [4.69, 9.17) is 21.2 Å². The normalized spacial score (nSPS) is 11.6. The average molecular weight is 550 g/mol. The zero-order valence-electron chi connectivity index (χ0n) is 17.5. The van der Waals surface area contributed by atoms with E-state index in [9.17, 15) is 14.4 Å². The topological polar surface area (TPSA) is 91.6 Å². The lowest BCUT2D eigenvalue weighted by atomic mass is 10.0. The van der Waals surface area contributed by atoms with Gasteiger partial charge in [-0.15, -0.1) is 0 Å². The van der Waals surface area contributed by atoms with E-state index in [2.05, 4.69) is 28.1 Å². The molecule has 0 aliphatic carbocycles. The van der Waals surface area contributed by atoms with Crippen molar-refractivity contribution in [3.8, 4) is 0 Å². The zero-order chi connectivity index (χ0) is 22.6. The molecule has 8 nitrogen and oxygen atoms in total. The summed E-state index contributed by atoms with van der Waals surface area (Å²) in [4.78, 5) is 43.1. The molecule has 2 aromatic rings. The molecular formula is C20H25ClIN3O5. The van der Waals surface area contributed by atoms with Gasteiger partial charge in [0.1, 0.15) is 5.56 Å². The quantitative estimate of drug-likeness (QED) is 0.325. The van der Waals surface area contributed by atoms with E-state index in [0.717, 1.165) is 8.14 Å². The smallest absolute Gasteiger partial charge is 0.330 e. The second kappa shape index (κ2) is 10.1. The Morgan fingerprint density at radius 2 is 1.83 bits per heavy atom. The van der Waals surface area contributed by atoms with Crippen molar-refractivity contribution in [3.05, 3.63) is 64.5 Å². The molecule has 0 aliphatic heterocycles. The number of ether oxygens (including phenoxy) is 1. The van der Waals surface area contributed by atoms with Gasteiger partial charge in [0.15, 0.2) is 0 Å². The predicted octanol–water partition coefficient (Wildman–Crippen LogP) is 2.41. The number of rotatable bonds is 7. The molecule has 164 valence electrons. The summed E-state index contributed by atoms with van der Waals surface area (Å²) in [6.07, 6.45) is 0.132. The van der Waals surface area contributed by atoms with Crippen LogP contribution in [0.5, 0.6) is 0 Å². The van der Waals surface area contributed by atoms with E-state index >= 15 is 0 Å². The molecule has 1 N–H and O–H groups in total. The summed E-state index contributed by atoms with van der Waals surface area (Å²) in [6.45, 7) is 6.08. The van der Waals surface area contributed by atoms with Gasteiger partial charge in [-0.2, -0.15) is 0 Å². The number of carbonyl (C=O) groups excluding carboxylic acids is 1. The van der Waals surface area contributed by atoms with Crippen LogP contribution in [0.4, 0.5) is 0 Å². The van der Waals surface area contributed by atoms with E-state index in [1.165, 1.54) is 18.7 Å². The molecule has 0 aliphatic rings. The lowest BCUT2D eigenvalue weighted by Gasteiger charge is -2.19. The Kier molecular flexibility index (Phi) is 8.26. The van der Waals surface area contributed by atoms with E-state index < -0.39 is 17.2 Å². The van der Waals surface area contributed by atoms with Crippen LogP contribution in [0, 0.1) is 3.57 Å². The number of hydrogen-bond donors (Lipinski definition) is 1. The maximum absolute atomic E-state index is 12.8. The molecule has 0 fully saturated rings. The molecule has 0 atom stereocenters. The summed E-state index contributed by atoms with van der Waals surface area (Å²) in [5.74, 6) is -0.737. The number of nitrogens with one attached hydrogen (secondary N) is 1. The minimum Gasteiger partial charge on any atom is -0.373 e. The number of halogens is 2. The first kappa shape index (κ1) is 24.6. The molecule has 2 rings (SSSR count). The third kappa shape index (κ3) is 6.16. The fourth-order valence-corrected chi connectivity index (χ4v) is 3.65. The molecule has 30 heavy (non-hydrogen) atoms. The van der Waals surface area contributed by atoms with Crippen molar-refractivity contribution in [1.82, 2.24) is 14.6 Å². The number of amides is 1. The van der Waals surface area contributed by atoms with Gasteiger partial charge in [-0.3, -0.25) is 23.6 Å². The van der Waals surface area contributed by atoms with Crippen molar-refractivity contribution in [3.63, 3.8) is 0 Å². The lowest BCUT2D eigenvalue weighted by Crippen LogP contribution is -2.44. The largest absolute Gasteiger partial charge is 0.373 e. The Morgan fingerprint density at radius 1 is 1.17 bits per heavy atom. The molecule has 0 unspecified atom stereocenters. The second-order valence-electron chi connectivity index (χ2n) is 7.68. The Labute approximate surface area is 193 Å². The van der Waals surface area contributed by atoms with Crippen molar-refractivity contribution < 1.29 is 14.4 Å². The monoisotopic (exact) mass is 549 g/mol. The standard InChI is InChI=1S/C20H25ClIN3O5/c1-20(2,3)29-8-9-30-23-17(26)16-15(24(4)19(28)25(5)18(16)27)10-12-6-7-13(22)11-14(12)21/h6-7,11H,8-10H2,1-5H3,(H,23,26). The number of hydroxylamine groups is 1. The Bertz CT molecular complexity index is 1060. The summed E-state index contributed by atoms with van der Waals surface area (Å²) in [7, 11) is 2.83. The van der Waals surface area contributed by atoms with Gasteiger partial charge >= 0.3 is 5.69 Å². The third-order valence-electron chi connectivity index (χ3n) is 4.27. The van der Waals surface area contributed by atoms with Crippen LogP contribution in [0.1, 0.15) is 42.4 Å². The highest BCUT2D eigenvalue weighted by atomic mass is 127. The molecule has 10 heteroatoms. The first-order chi connectivity index (χ1) is 13.9.